The largest absolute Gasteiger partial charge is 0.369 e. The molecule has 2 aromatic heterocycles. The van der Waals surface area contributed by atoms with Crippen LogP contribution in [0, 0.1) is 11.6 Å². The normalized spacial score (nSPS) is 21.9. The molecule has 1 aromatic carbocycles. The first-order valence-corrected chi connectivity index (χ1v) is 10.1. The topological polar surface area (TPSA) is 106 Å². The van der Waals surface area contributed by atoms with Crippen molar-refractivity contribution >= 4 is 22.9 Å². The van der Waals surface area contributed by atoms with Gasteiger partial charge in [0.15, 0.2) is 0 Å². The molecule has 4 N–H and O–H groups in total. The Bertz CT molecular complexity index is 1020. The Labute approximate surface area is 173 Å². The van der Waals surface area contributed by atoms with Gasteiger partial charge in [0.25, 0.3) is 5.91 Å². The van der Waals surface area contributed by atoms with Gasteiger partial charge in [-0.05, 0) is 25.0 Å². The van der Waals surface area contributed by atoms with Crippen LogP contribution >= 0.6 is 11.3 Å². The van der Waals surface area contributed by atoms with E-state index in [4.69, 9.17) is 10.5 Å². The van der Waals surface area contributed by atoms with E-state index < -0.39 is 35.9 Å². The molecule has 0 aliphatic carbocycles. The van der Waals surface area contributed by atoms with E-state index in [0.29, 0.717) is 24.2 Å². The molecule has 3 aromatic rings. The Balaban J connectivity index is 1.51. The first-order valence-electron chi connectivity index (χ1n) is 9.19. The smallest absolute Gasteiger partial charge is 0.275 e. The summed E-state index contributed by atoms with van der Waals surface area (Å²) < 4.78 is 47.3. The highest BCUT2D eigenvalue weighted by molar-refractivity contribution is 7.13. The monoisotopic (exact) mass is 437 g/mol. The molecular weight excluding hydrogens is 419 g/mol. The summed E-state index contributed by atoms with van der Waals surface area (Å²) in [6.07, 6.45) is 0.511. The summed E-state index contributed by atoms with van der Waals surface area (Å²) in [4.78, 5) is 16.7. The van der Waals surface area contributed by atoms with Gasteiger partial charge in [0.1, 0.15) is 34.6 Å². The lowest BCUT2D eigenvalue weighted by molar-refractivity contribution is 0.0267. The number of rotatable bonds is 4. The summed E-state index contributed by atoms with van der Waals surface area (Å²) in [5.74, 6) is -2.10. The number of halogens is 3. The fraction of sp³-hybridized carbons (Fsp3) is 0.316. The quantitative estimate of drug-likeness (QED) is 0.579. The van der Waals surface area contributed by atoms with E-state index in [2.05, 4.69) is 20.5 Å². The van der Waals surface area contributed by atoms with Crippen molar-refractivity contribution in [1.29, 1.82) is 0 Å². The van der Waals surface area contributed by atoms with Crippen molar-refractivity contribution in [2.24, 2.45) is 5.73 Å². The van der Waals surface area contributed by atoms with Gasteiger partial charge in [-0.3, -0.25) is 9.89 Å². The number of anilines is 1. The average Bonchev–Trinajstić information content (AvgIpc) is 3.34. The maximum absolute atomic E-state index is 14.0. The van der Waals surface area contributed by atoms with Crippen LogP contribution in [-0.4, -0.2) is 39.9 Å². The summed E-state index contributed by atoms with van der Waals surface area (Å²) in [7, 11) is 0. The summed E-state index contributed by atoms with van der Waals surface area (Å²) in [6, 6.07) is 2.89. The molecule has 3 heterocycles. The van der Waals surface area contributed by atoms with Gasteiger partial charge >= 0.3 is 0 Å². The molecule has 0 unspecified atom stereocenters. The summed E-state index contributed by atoms with van der Waals surface area (Å²) >= 11 is 0.952. The Morgan fingerprint density at radius 3 is 2.83 bits per heavy atom. The van der Waals surface area contributed by atoms with Crippen molar-refractivity contribution < 1.29 is 22.7 Å². The Hall–Kier alpha value is -2.76. The highest BCUT2D eigenvalue weighted by Crippen LogP contribution is 2.32. The molecule has 0 radical (unpaired) electrons. The zero-order valence-electron chi connectivity index (χ0n) is 15.6. The van der Waals surface area contributed by atoms with Crippen LogP contribution in [0.5, 0.6) is 0 Å². The predicted octanol–water partition coefficient (Wildman–Crippen LogP) is 3.58. The van der Waals surface area contributed by atoms with Gasteiger partial charge in [-0.2, -0.15) is 5.10 Å². The van der Waals surface area contributed by atoms with Crippen LogP contribution < -0.4 is 11.1 Å². The summed E-state index contributed by atoms with van der Waals surface area (Å²) in [5, 5.41) is 10.8. The third-order valence-corrected chi connectivity index (χ3v) is 5.70. The molecule has 1 aliphatic heterocycles. The van der Waals surface area contributed by atoms with Crippen LogP contribution in [0.25, 0.3) is 10.6 Å². The van der Waals surface area contributed by atoms with Crippen molar-refractivity contribution in [2.75, 3.05) is 11.9 Å². The summed E-state index contributed by atoms with van der Waals surface area (Å²) in [5.41, 5.74) is 6.30. The van der Waals surface area contributed by atoms with E-state index >= 15 is 0 Å². The third kappa shape index (κ3) is 4.09. The molecule has 3 atom stereocenters. The molecule has 0 saturated carbocycles. The van der Waals surface area contributed by atoms with Crippen LogP contribution in [0.4, 0.5) is 18.9 Å². The van der Waals surface area contributed by atoms with Crippen LogP contribution in [-0.2, 0) is 4.74 Å². The van der Waals surface area contributed by atoms with Crippen LogP contribution in [0.3, 0.4) is 0 Å². The second-order valence-electron chi connectivity index (χ2n) is 6.87. The second-order valence-corrected chi connectivity index (χ2v) is 7.72. The number of nitrogens with zero attached hydrogens (tertiary/aromatic N) is 2. The number of hydrogen-bond acceptors (Lipinski definition) is 6. The predicted molar refractivity (Wildman–Crippen MR) is 105 cm³/mol. The number of nitrogens with two attached hydrogens (primary N) is 1. The minimum atomic E-state index is -1.26. The standard InChI is InChI=1S/C19H18F3N5O2S/c20-9-2-1-3-10(21)16(9)19-26-14(8-30-19)18(28)25-13-6-24-27-17(13)15-5-4-12(23)11(22)7-29-15/h1-3,6,8,11-12,15H,4-5,7,23H2,(H,24,27)(H,25,28)/t11-,12-,15+/m1/s1. The van der Waals surface area contributed by atoms with E-state index in [0.717, 1.165) is 23.5 Å². The number of carbonyl (C=O) groups is 1. The fourth-order valence-electron chi connectivity index (χ4n) is 3.19. The molecule has 1 amide bonds. The van der Waals surface area contributed by atoms with E-state index in [-0.39, 0.29) is 22.9 Å². The molecule has 30 heavy (non-hydrogen) atoms. The van der Waals surface area contributed by atoms with Crippen molar-refractivity contribution in [1.82, 2.24) is 15.2 Å². The zero-order valence-corrected chi connectivity index (χ0v) is 16.4. The van der Waals surface area contributed by atoms with Crippen molar-refractivity contribution in [3.05, 3.63) is 52.8 Å². The third-order valence-electron chi connectivity index (χ3n) is 4.84. The number of ether oxygens (including phenoxy) is 1. The lowest BCUT2D eigenvalue weighted by atomic mass is 10.0. The van der Waals surface area contributed by atoms with E-state index in [1.165, 1.54) is 17.6 Å². The number of amides is 1. The molecule has 1 saturated heterocycles. The average molecular weight is 437 g/mol. The maximum atomic E-state index is 14.0. The number of thiazole rings is 1. The Kier molecular flexibility index (Phi) is 5.84. The molecule has 158 valence electrons. The minimum Gasteiger partial charge on any atom is -0.369 e. The molecule has 1 fully saturated rings. The van der Waals surface area contributed by atoms with Crippen LogP contribution in [0.1, 0.15) is 35.1 Å². The fourth-order valence-corrected chi connectivity index (χ4v) is 4.04. The van der Waals surface area contributed by atoms with Gasteiger partial charge in [0.05, 0.1) is 29.7 Å². The SMILES string of the molecule is N[C@@H]1CC[C@@H](c2[nH]ncc2NC(=O)c2csc(-c3c(F)cccc3F)n2)OC[C@H]1F. The van der Waals surface area contributed by atoms with Crippen LogP contribution in [0.15, 0.2) is 29.8 Å². The van der Waals surface area contributed by atoms with Gasteiger partial charge in [-0.1, -0.05) is 6.07 Å². The number of carbonyl (C=O) groups excluding carboxylic acids is 1. The lowest BCUT2D eigenvalue weighted by Crippen LogP contribution is -2.32. The molecule has 1 aliphatic rings. The number of benzene rings is 1. The minimum absolute atomic E-state index is 0.00238. The van der Waals surface area contributed by atoms with E-state index in [1.807, 2.05) is 0 Å². The highest BCUT2D eigenvalue weighted by atomic mass is 32.1. The molecule has 11 heteroatoms. The number of H-pyrrole nitrogens is 1. The van der Waals surface area contributed by atoms with Gasteiger partial charge in [-0.25, -0.2) is 18.2 Å². The number of alkyl halides is 1. The first kappa shape index (κ1) is 20.5. The number of nitrogens with one attached hydrogen (secondary N) is 2. The van der Waals surface area contributed by atoms with Gasteiger partial charge in [0, 0.05) is 11.4 Å². The van der Waals surface area contributed by atoms with Gasteiger partial charge in [0.2, 0.25) is 0 Å². The highest BCUT2D eigenvalue weighted by Gasteiger charge is 2.29. The maximum Gasteiger partial charge on any atom is 0.275 e. The second kappa shape index (κ2) is 8.54. The zero-order chi connectivity index (χ0) is 21.3. The van der Waals surface area contributed by atoms with Gasteiger partial charge < -0.3 is 15.8 Å². The number of aromatic nitrogens is 3. The molecule has 0 bridgehead atoms. The molecule has 4 rings (SSSR count). The lowest BCUT2D eigenvalue weighted by Gasteiger charge is -2.15. The van der Waals surface area contributed by atoms with E-state index in [1.54, 1.807) is 0 Å². The summed E-state index contributed by atoms with van der Waals surface area (Å²) in [6.45, 7) is -0.151. The molecular formula is C19H18F3N5O2S. The van der Waals surface area contributed by atoms with Gasteiger partial charge in [-0.15, -0.1) is 11.3 Å². The molecule has 0 spiro atoms. The van der Waals surface area contributed by atoms with Crippen molar-refractivity contribution in [2.45, 2.75) is 31.2 Å². The van der Waals surface area contributed by atoms with Crippen molar-refractivity contribution in [3.8, 4) is 10.6 Å². The Morgan fingerprint density at radius 2 is 2.07 bits per heavy atom. The van der Waals surface area contributed by atoms with Crippen molar-refractivity contribution in [3.63, 3.8) is 0 Å². The molecule has 7 nitrogen and oxygen atoms in total. The Morgan fingerprint density at radius 1 is 1.30 bits per heavy atom. The number of hydrogen-bond donors (Lipinski definition) is 3. The number of aromatic amines is 1. The van der Waals surface area contributed by atoms with Crippen LogP contribution in [0.2, 0.25) is 0 Å². The van der Waals surface area contributed by atoms with E-state index in [9.17, 15) is 18.0 Å². The first-order chi connectivity index (χ1) is 14.4.